The number of benzene rings is 2. The molecule has 0 unspecified atom stereocenters. The van der Waals surface area contributed by atoms with Crippen molar-refractivity contribution in [3.8, 4) is 0 Å². The number of hydrogen-bond acceptors (Lipinski definition) is 5. The van der Waals surface area contributed by atoms with Crippen LogP contribution < -0.4 is 10.6 Å². The fraction of sp³-hybridized carbons (Fsp3) is 0.433. The molecule has 2 aromatic carbocycles. The van der Waals surface area contributed by atoms with Gasteiger partial charge in [-0.15, -0.1) is 11.8 Å². The van der Waals surface area contributed by atoms with Crippen molar-refractivity contribution in [1.29, 1.82) is 0 Å². The van der Waals surface area contributed by atoms with Crippen LogP contribution in [0.4, 0.5) is 10.1 Å². The molecule has 39 heavy (non-hydrogen) atoms. The van der Waals surface area contributed by atoms with Gasteiger partial charge in [0.25, 0.3) is 0 Å². The Kier molecular flexibility index (Phi) is 6.97. The maximum atomic E-state index is 14.7. The number of carbonyl (C=O) groups excluding carboxylic acids is 3. The quantitative estimate of drug-likeness (QED) is 0.398. The lowest BCUT2D eigenvalue weighted by Gasteiger charge is -2.34. The second-order valence-electron chi connectivity index (χ2n) is 10.8. The summed E-state index contributed by atoms with van der Waals surface area (Å²) in [6, 6.07) is 12.8. The molecule has 0 radical (unpaired) electrons. The molecule has 3 fully saturated rings. The number of likely N-dealkylation sites (tertiary alicyclic amines) is 1. The van der Waals surface area contributed by atoms with Gasteiger partial charge in [0.15, 0.2) is 0 Å². The van der Waals surface area contributed by atoms with Gasteiger partial charge >= 0.3 is 0 Å². The van der Waals surface area contributed by atoms with Crippen LogP contribution >= 0.6 is 11.8 Å². The van der Waals surface area contributed by atoms with Crippen LogP contribution in [0.3, 0.4) is 0 Å². The number of fused-ring (bicyclic) bond motifs is 1. The molecule has 9 heteroatoms. The van der Waals surface area contributed by atoms with Crippen LogP contribution in [0.15, 0.2) is 65.6 Å². The molecule has 7 nitrogen and oxygen atoms in total. The van der Waals surface area contributed by atoms with E-state index in [9.17, 15) is 18.8 Å². The monoisotopic (exact) mass is 549 g/mol. The van der Waals surface area contributed by atoms with Gasteiger partial charge in [0.05, 0.1) is 17.9 Å². The molecule has 1 saturated carbocycles. The molecular weight excluding hydrogens is 517 g/mol. The van der Waals surface area contributed by atoms with E-state index in [1.165, 1.54) is 11.0 Å². The Balaban J connectivity index is 1.33. The molecule has 3 aliphatic heterocycles. The predicted octanol–water partition coefficient (Wildman–Crippen LogP) is 4.29. The molecule has 0 aromatic heterocycles. The summed E-state index contributed by atoms with van der Waals surface area (Å²) in [4.78, 5) is 44.0. The van der Waals surface area contributed by atoms with Crippen molar-refractivity contribution in [2.24, 2.45) is 11.8 Å². The number of amides is 3. The molecule has 2 aromatic rings. The van der Waals surface area contributed by atoms with Crippen LogP contribution in [0.2, 0.25) is 0 Å². The number of hydrogen-bond donors (Lipinski definition) is 2. The number of thioether (sulfide) groups is 1. The highest BCUT2D eigenvalue weighted by molar-refractivity contribution is 7.98. The highest BCUT2D eigenvalue weighted by Gasteiger charge is 2.72. The van der Waals surface area contributed by atoms with E-state index >= 15 is 0 Å². The molecule has 2 saturated heterocycles. The lowest BCUT2D eigenvalue weighted by molar-refractivity contribution is -0.142. The smallest absolute Gasteiger partial charge is 0.246 e. The van der Waals surface area contributed by atoms with Crippen molar-refractivity contribution in [2.45, 2.75) is 67.3 Å². The summed E-state index contributed by atoms with van der Waals surface area (Å²) in [5.41, 5.74) is -0.339. The summed E-state index contributed by atoms with van der Waals surface area (Å²) in [5, 5.41) is 6.11. The molecule has 2 bridgehead atoms. The highest BCUT2D eigenvalue weighted by Crippen LogP contribution is 2.55. The van der Waals surface area contributed by atoms with E-state index in [-0.39, 0.29) is 30.3 Å². The number of rotatable bonds is 7. The summed E-state index contributed by atoms with van der Waals surface area (Å²) >= 11 is 1.57. The molecular formula is C30H32FN3O4S. The fourth-order valence-corrected chi connectivity index (χ4v) is 7.16. The number of nitrogens with zero attached hydrogens (tertiary/aromatic N) is 1. The molecule has 1 aliphatic carbocycles. The van der Waals surface area contributed by atoms with Crippen molar-refractivity contribution < 1.29 is 23.5 Å². The predicted molar refractivity (Wildman–Crippen MR) is 146 cm³/mol. The fourth-order valence-electron chi connectivity index (χ4n) is 6.70. The largest absolute Gasteiger partial charge is 0.359 e. The molecule has 204 valence electrons. The van der Waals surface area contributed by atoms with Crippen LogP contribution in [-0.4, -0.2) is 52.7 Å². The summed E-state index contributed by atoms with van der Waals surface area (Å²) in [6.07, 6.45) is 9.90. The van der Waals surface area contributed by atoms with Crippen LogP contribution in [0.1, 0.15) is 37.7 Å². The van der Waals surface area contributed by atoms with Gasteiger partial charge in [-0.2, -0.15) is 0 Å². The van der Waals surface area contributed by atoms with Gasteiger partial charge < -0.3 is 20.3 Å². The van der Waals surface area contributed by atoms with E-state index in [0.29, 0.717) is 11.3 Å². The lowest BCUT2D eigenvalue weighted by atomic mass is 9.74. The Labute approximate surface area is 231 Å². The molecule has 6 rings (SSSR count). The van der Waals surface area contributed by atoms with Crippen LogP contribution in [0.5, 0.6) is 0 Å². The Bertz CT molecular complexity index is 1330. The first kappa shape index (κ1) is 26.1. The van der Waals surface area contributed by atoms with Crippen molar-refractivity contribution in [2.75, 3.05) is 11.6 Å². The lowest BCUT2D eigenvalue weighted by Crippen LogP contribution is -2.56. The average molecular weight is 550 g/mol. The first-order valence-electron chi connectivity index (χ1n) is 13.6. The maximum absolute atomic E-state index is 14.7. The third kappa shape index (κ3) is 4.55. The van der Waals surface area contributed by atoms with E-state index < -0.39 is 35.4 Å². The summed E-state index contributed by atoms with van der Waals surface area (Å²) in [7, 11) is 0. The normalized spacial score (nSPS) is 29.5. The number of ether oxygens (including phenoxy) is 1. The van der Waals surface area contributed by atoms with E-state index in [1.807, 2.05) is 24.5 Å². The zero-order valence-electron chi connectivity index (χ0n) is 21.8. The minimum atomic E-state index is -1.28. The average Bonchev–Trinajstić information content (AvgIpc) is 3.58. The van der Waals surface area contributed by atoms with Crippen LogP contribution in [-0.2, 0) is 25.7 Å². The van der Waals surface area contributed by atoms with Crippen molar-refractivity contribution >= 4 is 35.2 Å². The summed E-state index contributed by atoms with van der Waals surface area (Å²) in [6.45, 7) is -0.0848. The number of carbonyl (C=O) groups is 3. The van der Waals surface area contributed by atoms with E-state index in [1.54, 1.807) is 48.2 Å². The summed E-state index contributed by atoms with van der Waals surface area (Å²) in [5.74, 6) is -3.15. The van der Waals surface area contributed by atoms with Crippen molar-refractivity contribution in [3.05, 3.63) is 72.1 Å². The van der Waals surface area contributed by atoms with E-state index in [0.717, 1.165) is 37.0 Å². The Morgan fingerprint density at radius 1 is 1.10 bits per heavy atom. The topological polar surface area (TPSA) is 87.7 Å². The van der Waals surface area contributed by atoms with Gasteiger partial charge in [-0.05, 0) is 43.4 Å². The van der Waals surface area contributed by atoms with Gasteiger partial charge in [0.1, 0.15) is 17.5 Å². The SMILES string of the molecule is CSc1cccc(NC(=O)[C@@H]2[C@@H]3C=C[C@]4(O3)[C@@H]2C(=O)N(Cc2ccccc2F)[C@@H]4C(=O)NC2CCCCC2)c1. The number of halogens is 1. The second kappa shape index (κ2) is 10.4. The number of nitrogens with one attached hydrogen (secondary N) is 2. The molecule has 5 atom stereocenters. The van der Waals surface area contributed by atoms with Crippen LogP contribution in [0.25, 0.3) is 0 Å². The zero-order chi connectivity index (χ0) is 27.1. The van der Waals surface area contributed by atoms with Gasteiger partial charge in [0, 0.05) is 28.7 Å². The number of anilines is 1. The Hall–Kier alpha value is -3.17. The third-order valence-corrected chi connectivity index (χ3v) is 9.24. The minimum Gasteiger partial charge on any atom is -0.359 e. The first-order chi connectivity index (χ1) is 18.9. The van der Waals surface area contributed by atoms with Crippen molar-refractivity contribution in [1.82, 2.24) is 10.2 Å². The maximum Gasteiger partial charge on any atom is 0.246 e. The molecule has 3 amide bonds. The Morgan fingerprint density at radius 3 is 2.67 bits per heavy atom. The molecule has 3 heterocycles. The molecule has 4 aliphatic rings. The summed E-state index contributed by atoms with van der Waals surface area (Å²) < 4.78 is 21.1. The minimum absolute atomic E-state index is 0.0255. The van der Waals surface area contributed by atoms with E-state index in [4.69, 9.17) is 4.74 Å². The zero-order valence-corrected chi connectivity index (χ0v) is 22.6. The molecule has 1 spiro atoms. The van der Waals surface area contributed by atoms with Crippen molar-refractivity contribution in [3.63, 3.8) is 0 Å². The van der Waals surface area contributed by atoms with Gasteiger partial charge in [0.2, 0.25) is 17.7 Å². The first-order valence-corrected chi connectivity index (χ1v) is 14.8. The van der Waals surface area contributed by atoms with Gasteiger partial charge in [-0.3, -0.25) is 14.4 Å². The van der Waals surface area contributed by atoms with E-state index in [2.05, 4.69) is 10.6 Å². The third-order valence-electron chi connectivity index (χ3n) is 8.51. The van der Waals surface area contributed by atoms with Gasteiger partial charge in [-0.1, -0.05) is 55.7 Å². The standard InChI is InChI=1S/C30H32FN3O4S/c1-39-21-12-7-11-20(16-21)33-27(35)24-23-14-15-30(38-23)25(24)29(37)34(17-18-8-5-6-13-22(18)31)26(30)28(36)32-19-9-3-2-4-10-19/h5-8,11-16,19,23-26H,2-4,9-10,17H2,1H3,(H,32,36)(H,33,35)/t23-,24+,25-,26+,30-/m0/s1. The molecule has 2 N–H and O–H groups in total. The van der Waals surface area contributed by atoms with Gasteiger partial charge in [-0.25, -0.2) is 4.39 Å². The Morgan fingerprint density at radius 2 is 1.90 bits per heavy atom. The highest BCUT2D eigenvalue weighted by atomic mass is 32.2. The van der Waals surface area contributed by atoms with Crippen LogP contribution in [0, 0.1) is 17.7 Å². The second-order valence-corrected chi connectivity index (χ2v) is 11.7.